The van der Waals surface area contributed by atoms with Crippen LogP contribution in [0.3, 0.4) is 0 Å². The summed E-state index contributed by atoms with van der Waals surface area (Å²) in [7, 11) is 0. The standard InChI is InChI=1S/C13H15N3O3/c14-10-3-1-4-11(9-10)19-8-2-6-16-7-5-12(17)15-13(16)18/h1,3-5,7,9H,2,6,8,14H2,(H,15,17,18). The molecule has 6 heteroatoms. The fourth-order valence-corrected chi connectivity index (χ4v) is 1.65. The molecule has 100 valence electrons. The molecular weight excluding hydrogens is 246 g/mol. The van der Waals surface area contributed by atoms with E-state index in [1.807, 2.05) is 12.1 Å². The second kappa shape index (κ2) is 5.90. The molecule has 1 aromatic carbocycles. The van der Waals surface area contributed by atoms with Gasteiger partial charge in [0.05, 0.1) is 6.61 Å². The van der Waals surface area contributed by atoms with Gasteiger partial charge in [0, 0.05) is 30.6 Å². The molecule has 0 aliphatic carbocycles. The van der Waals surface area contributed by atoms with Crippen LogP contribution in [0.1, 0.15) is 6.42 Å². The molecule has 1 aromatic heterocycles. The fourth-order valence-electron chi connectivity index (χ4n) is 1.65. The number of anilines is 1. The van der Waals surface area contributed by atoms with Gasteiger partial charge < -0.3 is 15.0 Å². The Morgan fingerprint density at radius 2 is 2.11 bits per heavy atom. The predicted molar refractivity (Wildman–Crippen MR) is 72.3 cm³/mol. The number of aromatic nitrogens is 2. The molecule has 0 saturated heterocycles. The van der Waals surface area contributed by atoms with E-state index in [1.54, 1.807) is 12.1 Å². The number of ether oxygens (including phenoxy) is 1. The monoisotopic (exact) mass is 261 g/mol. The molecule has 0 aliphatic rings. The first-order valence-corrected chi connectivity index (χ1v) is 5.93. The zero-order chi connectivity index (χ0) is 13.7. The van der Waals surface area contributed by atoms with Gasteiger partial charge in [-0.15, -0.1) is 0 Å². The van der Waals surface area contributed by atoms with E-state index in [0.29, 0.717) is 31.0 Å². The van der Waals surface area contributed by atoms with Crippen molar-refractivity contribution in [2.75, 3.05) is 12.3 Å². The number of aromatic amines is 1. The van der Waals surface area contributed by atoms with E-state index in [-0.39, 0.29) is 0 Å². The highest BCUT2D eigenvalue weighted by molar-refractivity contribution is 5.43. The normalized spacial score (nSPS) is 10.3. The van der Waals surface area contributed by atoms with Crippen molar-refractivity contribution in [3.05, 3.63) is 57.4 Å². The summed E-state index contributed by atoms with van der Waals surface area (Å²) >= 11 is 0. The van der Waals surface area contributed by atoms with Gasteiger partial charge in [0.1, 0.15) is 5.75 Å². The minimum absolute atomic E-state index is 0.391. The molecule has 2 rings (SSSR count). The molecule has 1 heterocycles. The average Bonchev–Trinajstić information content (AvgIpc) is 2.37. The van der Waals surface area contributed by atoms with Crippen molar-refractivity contribution >= 4 is 5.69 Å². The summed E-state index contributed by atoms with van der Waals surface area (Å²) in [5.41, 5.74) is 5.48. The van der Waals surface area contributed by atoms with E-state index in [4.69, 9.17) is 10.5 Å². The van der Waals surface area contributed by atoms with Gasteiger partial charge in [-0.05, 0) is 18.6 Å². The first kappa shape index (κ1) is 12.9. The number of nitrogen functional groups attached to an aromatic ring is 1. The summed E-state index contributed by atoms with van der Waals surface area (Å²) in [5, 5.41) is 0. The van der Waals surface area contributed by atoms with E-state index in [2.05, 4.69) is 4.98 Å². The van der Waals surface area contributed by atoms with Crippen LogP contribution in [0, 0.1) is 0 Å². The number of H-pyrrole nitrogens is 1. The van der Waals surface area contributed by atoms with Crippen LogP contribution in [0.15, 0.2) is 46.1 Å². The Bertz CT molecular complexity index is 660. The number of nitrogens with one attached hydrogen (secondary N) is 1. The molecule has 0 bridgehead atoms. The van der Waals surface area contributed by atoms with Gasteiger partial charge in [-0.3, -0.25) is 9.78 Å². The quantitative estimate of drug-likeness (QED) is 0.608. The van der Waals surface area contributed by atoms with E-state index in [1.165, 1.54) is 16.8 Å². The van der Waals surface area contributed by atoms with Crippen molar-refractivity contribution in [3.8, 4) is 5.75 Å². The molecule has 0 radical (unpaired) electrons. The lowest BCUT2D eigenvalue weighted by atomic mass is 10.3. The molecule has 0 amide bonds. The first-order valence-electron chi connectivity index (χ1n) is 5.93. The highest BCUT2D eigenvalue weighted by atomic mass is 16.5. The summed E-state index contributed by atoms with van der Waals surface area (Å²) in [6, 6.07) is 8.48. The van der Waals surface area contributed by atoms with Gasteiger partial charge in [-0.2, -0.15) is 0 Å². The average molecular weight is 261 g/mol. The summed E-state index contributed by atoms with van der Waals surface area (Å²) in [6.07, 6.45) is 2.13. The summed E-state index contributed by atoms with van der Waals surface area (Å²) < 4.78 is 6.94. The van der Waals surface area contributed by atoms with Gasteiger partial charge >= 0.3 is 5.69 Å². The van der Waals surface area contributed by atoms with Crippen molar-refractivity contribution in [1.82, 2.24) is 9.55 Å². The Kier molecular flexibility index (Phi) is 4.02. The highest BCUT2D eigenvalue weighted by Crippen LogP contribution is 2.14. The summed E-state index contributed by atoms with van der Waals surface area (Å²) in [4.78, 5) is 24.5. The van der Waals surface area contributed by atoms with Crippen LogP contribution in [-0.2, 0) is 6.54 Å². The molecule has 19 heavy (non-hydrogen) atoms. The summed E-state index contributed by atoms with van der Waals surface area (Å²) in [5.74, 6) is 0.703. The number of nitrogens with two attached hydrogens (primary N) is 1. The third kappa shape index (κ3) is 3.74. The van der Waals surface area contributed by atoms with Crippen LogP contribution < -0.4 is 21.7 Å². The van der Waals surface area contributed by atoms with Crippen LogP contribution in [0.2, 0.25) is 0 Å². The van der Waals surface area contributed by atoms with Crippen molar-refractivity contribution in [3.63, 3.8) is 0 Å². The van der Waals surface area contributed by atoms with Crippen LogP contribution in [0.25, 0.3) is 0 Å². The minimum atomic E-state index is -0.406. The third-order valence-corrected chi connectivity index (χ3v) is 2.57. The first-order chi connectivity index (χ1) is 9.15. The number of nitrogens with zero attached hydrogens (tertiary/aromatic N) is 1. The zero-order valence-corrected chi connectivity index (χ0v) is 10.3. The maximum atomic E-state index is 11.4. The number of hydrogen-bond donors (Lipinski definition) is 2. The number of aryl methyl sites for hydroxylation is 1. The van der Waals surface area contributed by atoms with Crippen molar-refractivity contribution in [1.29, 1.82) is 0 Å². The number of hydrogen-bond acceptors (Lipinski definition) is 4. The SMILES string of the molecule is Nc1cccc(OCCCn2ccc(=O)[nH]c2=O)c1. The Balaban J connectivity index is 1.84. The number of rotatable bonds is 5. The summed E-state index contributed by atoms with van der Waals surface area (Å²) in [6.45, 7) is 0.951. The second-order valence-corrected chi connectivity index (χ2v) is 4.08. The Hall–Kier alpha value is -2.50. The second-order valence-electron chi connectivity index (χ2n) is 4.08. The zero-order valence-electron chi connectivity index (χ0n) is 10.3. The molecule has 0 spiro atoms. The molecule has 0 fully saturated rings. The van der Waals surface area contributed by atoms with Crippen molar-refractivity contribution in [2.45, 2.75) is 13.0 Å². The molecule has 0 unspecified atom stereocenters. The highest BCUT2D eigenvalue weighted by Gasteiger charge is 1.98. The van der Waals surface area contributed by atoms with Crippen LogP contribution in [0.4, 0.5) is 5.69 Å². The molecule has 0 atom stereocenters. The Morgan fingerprint density at radius 3 is 2.84 bits per heavy atom. The molecule has 3 N–H and O–H groups in total. The molecule has 0 aliphatic heterocycles. The maximum Gasteiger partial charge on any atom is 0.328 e. The van der Waals surface area contributed by atoms with Gasteiger partial charge in [0.2, 0.25) is 0 Å². The minimum Gasteiger partial charge on any atom is -0.493 e. The fraction of sp³-hybridized carbons (Fsp3) is 0.231. The lowest BCUT2D eigenvalue weighted by Gasteiger charge is -2.07. The van der Waals surface area contributed by atoms with Gasteiger partial charge in [0.25, 0.3) is 5.56 Å². The molecular formula is C13H15N3O3. The molecule has 2 aromatic rings. The van der Waals surface area contributed by atoms with Crippen LogP contribution in [-0.4, -0.2) is 16.2 Å². The van der Waals surface area contributed by atoms with Gasteiger partial charge in [-0.1, -0.05) is 6.07 Å². The van der Waals surface area contributed by atoms with E-state index < -0.39 is 11.2 Å². The molecule has 6 nitrogen and oxygen atoms in total. The van der Waals surface area contributed by atoms with E-state index >= 15 is 0 Å². The number of benzene rings is 1. The van der Waals surface area contributed by atoms with Gasteiger partial charge in [0.15, 0.2) is 0 Å². The Morgan fingerprint density at radius 1 is 1.26 bits per heavy atom. The maximum absolute atomic E-state index is 11.4. The van der Waals surface area contributed by atoms with Crippen molar-refractivity contribution < 1.29 is 4.74 Å². The van der Waals surface area contributed by atoms with Crippen LogP contribution >= 0.6 is 0 Å². The topological polar surface area (TPSA) is 90.1 Å². The van der Waals surface area contributed by atoms with Gasteiger partial charge in [-0.25, -0.2) is 4.79 Å². The van der Waals surface area contributed by atoms with E-state index in [9.17, 15) is 9.59 Å². The predicted octanol–water partition coefficient (Wildman–Crippen LogP) is 0.588. The van der Waals surface area contributed by atoms with Crippen molar-refractivity contribution in [2.24, 2.45) is 0 Å². The third-order valence-electron chi connectivity index (χ3n) is 2.57. The molecule has 0 saturated carbocycles. The lowest BCUT2D eigenvalue weighted by molar-refractivity contribution is 0.300. The largest absolute Gasteiger partial charge is 0.493 e. The van der Waals surface area contributed by atoms with Crippen LogP contribution in [0.5, 0.6) is 5.75 Å². The lowest BCUT2D eigenvalue weighted by Crippen LogP contribution is -2.29. The van der Waals surface area contributed by atoms with E-state index in [0.717, 1.165) is 0 Å². The smallest absolute Gasteiger partial charge is 0.328 e. The Labute approximate surface area is 109 Å².